The Morgan fingerprint density at radius 1 is 1.12 bits per heavy atom. The molecule has 0 aliphatic heterocycles. The molecular weight excluding hydrogens is 472 g/mol. The zero-order valence-electron chi connectivity index (χ0n) is 16.7. The van der Waals surface area contributed by atoms with E-state index in [1.54, 1.807) is 48.5 Å². The Morgan fingerprint density at radius 3 is 2.62 bits per heavy atom. The topological polar surface area (TPSA) is 98.5 Å². The van der Waals surface area contributed by atoms with E-state index < -0.39 is 10.0 Å². The third-order valence-electron chi connectivity index (χ3n) is 4.47. The fourth-order valence-electron chi connectivity index (χ4n) is 2.86. The van der Waals surface area contributed by atoms with Crippen LogP contribution in [0.25, 0.3) is 11.1 Å². The van der Waals surface area contributed by atoms with Crippen molar-refractivity contribution in [2.24, 2.45) is 0 Å². The minimum absolute atomic E-state index is 0.0423. The predicted molar refractivity (Wildman–Crippen MR) is 124 cm³/mol. The van der Waals surface area contributed by atoms with Gasteiger partial charge in [-0.2, -0.15) is 0 Å². The molecule has 164 valence electrons. The smallest absolute Gasteiger partial charge is 0.261 e. The van der Waals surface area contributed by atoms with Gasteiger partial charge in [-0.3, -0.25) is 9.52 Å². The summed E-state index contributed by atoms with van der Waals surface area (Å²) >= 11 is 7.05. The number of sulfonamides is 1. The summed E-state index contributed by atoms with van der Waals surface area (Å²) in [6.45, 7) is 0. The molecule has 0 saturated heterocycles. The van der Waals surface area contributed by atoms with Crippen molar-refractivity contribution in [3.05, 3.63) is 77.3 Å². The summed E-state index contributed by atoms with van der Waals surface area (Å²) in [6.07, 6.45) is 0. The average molecular weight is 489 g/mol. The number of oxazole rings is 1. The van der Waals surface area contributed by atoms with Crippen molar-refractivity contribution in [2.75, 3.05) is 17.6 Å². The molecule has 0 radical (unpaired) electrons. The van der Waals surface area contributed by atoms with Crippen molar-refractivity contribution >= 4 is 56.0 Å². The fourth-order valence-corrected chi connectivity index (χ4v) is 4.86. The number of anilines is 1. The van der Waals surface area contributed by atoms with Crippen LogP contribution in [0, 0.1) is 0 Å². The lowest BCUT2D eigenvalue weighted by atomic mass is 10.1. The molecule has 4 rings (SSSR count). The molecule has 4 aromatic rings. The van der Waals surface area contributed by atoms with Crippen LogP contribution in [0.5, 0.6) is 5.75 Å². The van der Waals surface area contributed by atoms with Gasteiger partial charge in [0.15, 0.2) is 11.4 Å². The quantitative estimate of drug-likeness (QED) is 0.266. The molecule has 0 spiro atoms. The van der Waals surface area contributed by atoms with E-state index in [9.17, 15) is 13.2 Å². The molecule has 0 aliphatic carbocycles. The molecule has 1 N–H and O–H groups in total. The summed E-state index contributed by atoms with van der Waals surface area (Å²) in [7, 11) is -2.29. The average Bonchev–Trinajstić information content (AvgIpc) is 3.20. The molecular formula is C22H17ClN2O5S2. The Bertz CT molecular complexity index is 1390. The van der Waals surface area contributed by atoms with E-state index >= 15 is 0 Å². The number of rotatable bonds is 8. The summed E-state index contributed by atoms with van der Waals surface area (Å²) in [5, 5.41) is 0.757. The molecule has 7 nitrogen and oxygen atoms in total. The zero-order valence-corrected chi connectivity index (χ0v) is 19.1. The number of nitrogens with zero attached hydrogens (tertiary/aromatic N) is 1. The maximum Gasteiger partial charge on any atom is 0.261 e. The molecule has 0 fully saturated rings. The molecule has 0 atom stereocenters. The first-order valence-electron chi connectivity index (χ1n) is 9.33. The number of hydrogen-bond acceptors (Lipinski definition) is 7. The number of carbonyl (C=O) groups excluding carboxylic acids is 1. The lowest BCUT2D eigenvalue weighted by Crippen LogP contribution is -2.12. The normalized spacial score (nSPS) is 11.4. The Hall–Kier alpha value is -3.01. The summed E-state index contributed by atoms with van der Waals surface area (Å²) in [4.78, 5) is 16.7. The minimum Gasteiger partial charge on any atom is -0.497 e. The number of Topliss-reactive ketones (excluding diaryl/α,β-unsaturated/α-hetero) is 1. The highest BCUT2D eigenvalue weighted by atomic mass is 35.5. The third kappa shape index (κ3) is 5.07. The Kier molecular flexibility index (Phi) is 6.40. The standard InChI is InChI=1S/C22H17ClN2O5S2/c1-29-17-7-5-16(6-8-17)25-32(27,28)18-9-10-21-19(12-18)24-22(30-21)31-13-20(26)14-3-2-4-15(23)11-14/h2-12,25H,13H2,1H3. The van der Waals surface area contributed by atoms with Crippen molar-refractivity contribution in [1.82, 2.24) is 4.98 Å². The number of carbonyl (C=O) groups is 1. The Labute approximate surface area is 193 Å². The second-order valence-corrected chi connectivity index (χ2v) is 9.71. The number of methoxy groups -OCH3 is 1. The first kappa shape index (κ1) is 22.2. The molecule has 0 amide bonds. The number of benzene rings is 3. The second kappa shape index (κ2) is 9.23. The fraction of sp³-hybridized carbons (Fsp3) is 0.0909. The number of halogens is 1. The monoisotopic (exact) mass is 488 g/mol. The van der Waals surface area contributed by atoms with Gasteiger partial charge >= 0.3 is 0 Å². The molecule has 0 saturated carbocycles. The highest BCUT2D eigenvalue weighted by Crippen LogP contribution is 2.27. The molecule has 0 aliphatic rings. The highest BCUT2D eigenvalue weighted by Gasteiger charge is 2.18. The highest BCUT2D eigenvalue weighted by molar-refractivity contribution is 7.99. The van der Waals surface area contributed by atoms with Crippen LogP contribution in [0.4, 0.5) is 5.69 Å². The van der Waals surface area contributed by atoms with Crippen LogP contribution in [-0.4, -0.2) is 32.0 Å². The van der Waals surface area contributed by atoms with Gasteiger partial charge in [0.25, 0.3) is 15.2 Å². The van der Waals surface area contributed by atoms with Crippen molar-refractivity contribution in [2.45, 2.75) is 10.1 Å². The first-order chi connectivity index (χ1) is 15.3. The van der Waals surface area contributed by atoms with E-state index in [-0.39, 0.29) is 21.7 Å². The van der Waals surface area contributed by atoms with Gasteiger partial charge in [0, 0.05) is 16.3 Å². The zero-order chi connectivity index (χ0) is 22.7. The molecule has 3 aromatic carbocycles. The maximum atomic E-state index is 12.7. The summed E-state index contributed by atoms with van der Waals surface area (Å²) in [5.41, 5.74) is 1.70. The van der Waals surface area contributed by atoms with E-state index in [0.29, 0.717) is 33.1 Å². The lowest BCUT2D eigenvalue weighted by Gasteiger charge is -2.08. The third-order valence-corrected chi connectivity index (χ3v) is 6.91. The first-order valence-corrected chi connectivity index (χ1v) is 12.2. The van der Waals surface area contributed by atoms with Crippen LogP contribution in [0.3, 0.4) is 0 Å². The van der Waals surface area contributed by atoms with Gasteiger partial charge in [-0.15, -0.1) is 0 Å². The molecule has 0 bridgehead atoms. The number of ketones is 1. The largest absolute Gasteiger partial charge is 0.497 e. The van der Waals surface area contributed by atoms with Gasteiger partial charge in [-0.05, 0) is 54.6 Å². The second-order valence-electron chi connectivity index (χ2n) is 6.67. The van der Waals surface area contributed by atoms with Crippen molar-refractivity contribution < 1.29 is 22.4 Å². The van der Waals surface area contributed by atoms with E-state index in [0.717, 1.165) is 11.8 Å². The van der Waals surface area contributed by atoms with E-state index in [1.165, 1.54) is 25.3 Å². The van der Waals surface area contributed by atoms with Crippen LogP contribution in [-0.2, 0) is 10.0 Å². The van der Waals surface area contributed by atoms with Gasteiger partial charge in [-0.25, -0.2) is 13.4 Å². The summed E-state index contributed by atoms with van der Waals surface area (Å²) < 4.78 is 38.7. The number of fused-ring (bicyclic) bond motifs is 1. The number of thioether (sulfide) groups is 1. The molecule has 32 heavy (non-hydrogen) atoms. The van der Waals surface area contributed by atoms with Crippen molar-refractivity contribution in [3.8, 4) is 5.75 Å². The van der Waals surface area contributed by atoms with E-state index in [2.05, 4.69) is 9.71 Å². The molecule has 10 heteroatoms. The van der Waals surface area contributed by atoms with Crippen LogP contribution in [0.2, 0.25) is 5.02 Å². The number of nitrogens with one attached hydrogen (secondary N) is 1. The van der Waals surface area contributed by atoms with Crippen LogP contribution < -0.4 is 9.46 Å². The van der Waals surface area contributed by atoms with Gasteiger partial charge in [-0.1, -0.05) is 35.5 Å². The van der Waals surface area contributed by atoms with Gasteiger partial charge in [0.2, 0.25) is 0 Å². The maximum absolute atomic E-state index is 12.7. The van der Waals surface area contributed by atoms with Gasteiger partial charge in [0.1, 0.15) is 11.3 Å². The summed E-state index contributed by atoms with van der Waals surface area (Å²) in [6, 6.07) is 17.6. The number of ether oxygens (including phenoxy) is 1. The number of hydrogen-bond donors (Lipinski definition) is 1. The predicted octanol–water partition coefficient (Wildman–Crippen LogP) is 5.27. The van der Waals surface area contributed by atoms with Gasteiger partial charge < -0.3 is 9.15 Å². The molecule has 0 unspecified atom stereocenters. The van der Waals surface area contributed by atoms with Crippen LogP contribution in [0.1, 0.15) is 10.4 Å². The molecule has 1 heterocycles. The Balaban J connectivity index is 1.48. The summed E-state index contributed by atoms with van der Waals surface area (Å²) in [5.74, 6) is 0.611. The van der Waals surface area contributed by atoms with Crippen molar-refractivity contribution in [1.29, 1.82) is 0 Å². The molecule has 1 aromatic heterocycles. The van der Waals surface area contributed by atoms with Crippen LogP contribution in [0.15, 0.2) is 81.3 Å². The van der Waals surface area contributed by atoms with Gasteiger partial charge in [0.05, 0.1) is 17.8 Å². The lowest BCUT2D eigenvalue weighted by molar-refractivity contribution is 0.102. The van der Waals surface area contributed by atoms with E-state index in [4.69, 9.17) is 20.8 Å². The Morgan fingerprint density at radius 2 is 1.91 bits per heavy atom. The minimum atomic E-state index is -3.83. The van der Waals surface area contributed by atoms with Crippen LogP contribution >= 0.6 is 23.4 Å². The van der Waals surface area contributed by atoms with E-state index in [1.807, 2.05) is 0 Å². The SMILES string of the molecule is COc1ccc(NS(=O)(=O)c2ccc3oc(SCC(=O)c4cccc(Cl)c4)nc3c2)cc1. The van der Waals surface area contributed by atoms with Crippen molar-refractivity contribution in [3.63, 3.8) is 0 Å². The number of aromatic nitrogens is 1.